The number of aliphatic carboxylic acids is 1. The monoisotopic (exact) mass is 312 g/mol. The lowest BCUT2D eigenvalue weighted by Crippen LogP contribution is -2.46. The lowest BCUT2D eigenvalue weighted by Gasteiger charge is -2.24. The number of β-amino-alcohol motifs (C(OH)–C–C–N with tert-alkyl or cyclic N) is 1. The third-order valence-corrected chi connectivity index (χ3v) is 3.79. The van der Waals surface area contributed by atoms with E-state index in [9.17, 15) is 14.7 Å². The fraction of sp³-hybridized carbons (Fsp3) is 0.429. The van der Waals surface area contributed by atoms with Crippen LogP contribution in [-0.2, 0) is 4.79 Å². The van der Waals surface area contributed by atoms with Crippen molar-refractivity contribution in [3.63, 3.8) is 0 Å². The number of aliphatic hydroxyl groups is 1. The third kappa shape index (κ3) is 3.65. The van der Waals surface area contributed by atoms with Crippen molar-refractivity contribution in [3.8, 4) is 0 Å². The highest BCUT2D eigenvalue weighted by atomic mass is 35.5. The molecule has 1 unspecified atom stereocenters. The molecule has 0 spiro atoms. The SMILES string of the molecule is CC(NC(=O)N1C[C@H](O)C[C@@H]1C(=O)O)c1ccc(Cl)cc1. The molecule has 0 aliphatic carbocycles. The van der Waals surface area contributed by atoms with Crippen molar-refractivity contribution in [2.75, 3.05) is 6.54 Å². The van der Waals surface area contributed by atoms with E-state index in [1.807, 2.05) is 0 Å². The standard InChI is InChI=1S/C14H17ClN2O4/c1-8(9-2-4-10(15)5-3-9)16-14(21)17-7-11(18)6-12(17)13(19)20/h2-5,8,11-12,18H,6-7H2,1H3,(H,16,21)(H,19,20)/t8?,11-,12-/m1/s1. The van der Waals surface area contributed by atoms with Gasteiger partial charge in [0.15, 0.2) is 0 Å². The molecule has 0 radical (unpaired) electrons. The first kappa shape index (κ1) is 15.6. The van der Waals surface area contributed by atoms with Gasteiger partial charge in [-0.15, -0.1) is 0 Å². The van der Waals surface area contributed by atoms with Crippen LogP contribution in [0.1, 0.15) is 24.9 Å². The number of hydrogen-bond acceptors (Lipinski definition) is 3. The molecule has 2 rings (SSSR count). The number of carboxylic acids is 1. The van der Waals surface area contributed by atoms with E-state index >= 15 is 0 Å². The van der Waals surface area contributed by atoms with Crippen molar-refractivity contribution >= 4 is 23.6 Å². The normalized spacial score (nSPS) is 22.9. The average molecular weight is 313 g/mol. The second-order valence-electron chi connectivity index (χ2n) is 5.12. The number of hydrogen-bond donors (Lipinski definition) is 3. The van der Waals surface area contributed by atoms with E-state index in [2.05, 4.69) is 5.32 Å². The zero-order chi connectivity index (χ0) is 15.6. The zero-order valence-electron chi connectivity index (χ0n) is 11.5. The summed E-state index contributed by atoms with van der Waals surface area (Å²) in [7, 11) is 0. The number of carbonyl (C=O) groups excluding carboxylic acids is 1. The molecule has 21 heavy (non-hydrogen) atoms. The number of nitrogens with zero attached hydrogens (tertiary/aromatic N) is 1. The molecule has 0 aromatic heterocycles. The van der Waals surface area contributed by atoms with Crippen LogP contribution in [0.4, 0.5) is 4.79 Å². The molecule has 1 fully saturated rings. The summed E-state index contributed by atoms with van der Waals surface area (Å²) in [4.78, 5) is 24.4. The van der Waals surface area contributed by atoms with E-state index in [1.165, 1.54) is 0 Å². The molecule has 7 heteroatoms. The minimum Gasteiger partial charge on any atom is -0.480 e. The van der Waals surface area contributed by atoms with Gasteiger partial charge in [-0.3, -0.25) is 0 Å². The number of nitrogens with one attached hydrogen (secondary N) is 1. The largest absolute Gasteiger partial charge is 0.480 e. The van der Waals surface area contributed by atoms with Crippen LogP contribution in [-0.4, -0.2) is 45.8 Å². The van der Waals surface area contributed by atoms with Crippen molar-refractivity contribution < 1.29 is 19.8 Å². The van der Waals surface area contributed by atoms with Crippen LogP contribution in [0.15, 0.2) is 24.3 Å². The number of benzene rings is 1. The molecule has 3 atom stereocenters. The molecule has 3 N–H and O–H groups in total. The number of halogens is 1. The van der Waals surface area contributed by atoms with Gasteiger partial charge in [-0.05, 0) is 24.6 Å². The highest BCUT2D eigenvalue weighted by Crippen LogP contribution is 2.20. The smallest absolute Gasteiger partial charge is 0.326 e. The zero-order valence-corrected chi connectivity index (χ0v) is 12.2. The Bertz CT molecular complexity index is 534. The summed E-state index contributed by atoms with van der Waals surface area (Å²) < 4.78 is 0. The summed E-state index contributed by atoms with van der Waals surface area (Å²) >= 11 is 5.81. The lowest BCUT2D eigenvalue weighted by molar-refractivity contribution is -0.141. The van der Waals surface area contributed by atoms with E-state index < -0.39 is 24.1 Å². The quantitative estimate of drug-likeness (QED) is 0.791. The van der Waals surface area contributed by atoms with E-state index in [4.69, 9.17) is 16.7 Å². The third-order valence-electron chi connectivity index (χ3n) is 3.53. The lowest BCUT2D eigenvalue weighted by atomic mass is 10.1. The minimum atomic E-state index is -1.11. The molecule has 1 saturated heterocycles. The molecule has 1 aromatic rings. The molecule has 1 aromatic carbocycles. The fourth-order valence-electron chi connectivity index (χ4n) is 2.38. The highest BCUT2D eigenvalue weighted by molar-refractivity contribution is 6.30. The molecule has 1 aliphatic rings. The van der Waals surface area contributed by atoms with Gasteiger partial charge in [0.25, 0.3) is 0 Å². The maximum Gasteiger partial charge on any atom is 0.326 e. The molecule has 114 valence electrons. The molecular formula is C14H17ClN2O4. The predicted molar refractivity (Wildman–Crippen MR) is 77.2 cm³/mol. The Morgan fingerprint density at radius 2 is 2.00 bits per heavy atom. The number of urea groups is 1. The first-order valence-electron chi connectivity index (χ1n) is 6.62. The summed E-state index contributed by atoms with van der Waals surface area (Å²) in [6.07, 6.45) is -0.749. The molecule has 2 amide bonds. The fourth-order valence-corrected chi connectivity index (χ4v) is 2.50. The van der Waals surface area contributed by atoms with Crippen LogP contribution >= 0.6 is 11.6 Å². The van der Waals surface area contributed by atoms with Gasteiger partial charge >= 0.3 is 12.0 Å². The van der Waals surface area contributed by atoms with Crippen LogP contribution in [0.5, 0.6) is 0 Å². The van der Waals surface area contributed by atoms with Crippen molar-refractivity contribution in [2.24, 2.45) is 0 Å². The van der Waals surface area contributed by atoms with Crippen LogP contribution < -0.4 is 5.32 Å². The van der Waals surface area contributed by atoms with Gasteiger partial charge in [0.1, 0.15) is 6.04 Å². The van der Waals surface area contributed by atoms with Crippen LogP contribution in [0.25, 0.3) is 0 Å². The summed E-state index contributed by atoms with van der Waals surface area (Å²) in [6.45, 7) is 1.82. The summed E-state index contributed by atoms with van der Waals surface area (Å²) in [5, 5.41) is 22.0. The van der Waals surface area contributed by atoms with Gasteiger partial charge in [0.05, 0.1) is 12.1 Å². The van der Waals surface area contributed by atoms with Crippen molar-refractivity contribution in [1.29, 1.82) is 0 Å². The second-order valence-corrected chi connectivity index (χ2v) is 5.56. The van der Waals surface area contributed by atoms with Gasteiger partial charge in [0.2, 0.25) is 0 Å². The van der Waals surface area contributed by atoms with Gasteiger partial charge in [-0.2, -0.15) is 0 Å². The minimum absolute atomic E-state index is 0.0239. The Morgan fingerprint density at radius 3 is 2.57 bits per heavy atom. The van der Waals surface area contributed by atoms with Gasteiger partial charge < -0.3 is 20.4 Å². The van der Waals surface area contributed by atoms with Gasteiger partial charge in [-0.1, -0.05) is 23.7 Å². The Morgan fingerprint density at radius 1 is 1.38 bits per heavy atom. The number of amides is 2. The molecule has 0 bridgehead atoms. The Hall–Kier alpha value is -1.79. The van der Waals surface area contributed by atoms with Crippen LogP contribution in [0, 0.1) is 0 Å². The second kappa shape index (κ2) is 6.32. The van der Waals surface area contributed by atoms with E-state index in [0.717, 1.165) is 10.5 Å². The van der Waals surface area contributed by atoms with E-state index in [0.29, 0.717) is 5.02 Å². The first-order valence-corrected chi connectivity index (χ1v) is 6.99. The van der Waals surface area contributed by atoms with Gasteiger partial charge in [0, 0.05) is 18.0 Å². The van der Waals surface area contributed by atoms with Crippen molar-refractivity contribution in [1.82, 2.24) is 10.2 Å². The maximum absolute atomic E-state index is 12.2. The van der Waals surface area contributed by atoms with Crippen LogP contribution in [0.3, 0.4) is 0 Å². The topological polar surface area (TPSA) is 89.9 Å². The van der Waals surface area contributed by atoms with Gasteiger partial charge in [-0.25, -0.2) is 9.59 Å². The summed E-state index contributed by atoms with van der Waals surface area (Å²) in [5.74, 6) is -1.11. The van der Waals surface area contributed by atoms with Crippen LogP contribution in [0.2, 0.25) is 5.02 Å². The Kier molecular flexibility index (Phi) is 4.69. The summed E-state index contributed by atoms with van der Waals surface area (Å²) in [5.41, 5.74) is 0.861. The molecule has 1 heterocycles. The number of carbonyl (C=O) groups is 2. The van der Waals surface area contributed by atoms with Crippen molar-refractivity contribution in [2.45, 2.75) is 31.5 Å². The Labute approximate surface area is 127 Å². The van der Waals surface area contributed by atoms with Crippen molar-refractivity contribution in [3.05, 3.63) is 34.9 Å². The van der Waals surface area contributed by atoms with E-state index in [-0.39, 0.29) is 19.0 Å². The first-order chi connectivity index (χ1) is 9.88. The molecule has 6 nitrogen and oxygen atoms in total. The summed E-state index contributed by atoms with van der Waals surface area (Å²) in [6, 6.07) is 5.25. The molecule has 0 saturated carbocycles. The Balaban J connectivity index is 2.03. The average Bonchev–Trinajstić information content (AvgIpc) is 2.82. The molecule has 1 aliphatic heterocycles. The predicted octanol–water partition coefficient (Wildman–Crippen LogP) is 1.63. The number of likely N-dealkylation sites (tertiary alicyclic amines) is 1. The number of aliphatic hydroxyl groups excluding tert-OH is 1. The maximum atomic E-state index is 12.2. The molecular weight excluding hydrogens is 296 g/mol. The number of rotatable bonds is 3. The highest BCUT2D eigenvalue weighted by Gasteiger charge is 2.39. The number of carboxylic acid groups (broad SMARTS) is 1. The van der Waals surface area contributed by atoms with E-state index in [1.54, 1.807) is 31.2 Å².